The minimum Gasteiger partial charge on any atom is -0.300 e. The molecule has 1 aliphatic heterocycles. The van der Waals surface area contributed by atoms with Gasteiger partial charge in [-0.3, -0.25) is 14.5 Å². The Labute approximate surface area is 92.7 Å². The van der Waals surface area contributed by atoms with Gasteiger partial charge in [-0.15, -0.1) is 11.3 Å². The molecule has 2 heterocycles. The summed E-state index contributed by atoms with van der Waals surface area (Å²) in [7, 11) is 0. The lowest BCUT2D eigenvalue weighted by molar-refractivity contribution is -0.121. The maximum absolute atomic E-state index is 11.1. The van der Waals surface area contributed by atoms with Gasteiger partial charge in [-0.05, 0) is 17.0 Å². The van der Waals surface area contributed by atoms with Crippen LogP contribution < -0.4 is 0 Å². The van der Waals surface area contributed by atoms with Crippen molar-refractivity contribution < 1.29 is 9.59 Å². The van der Waals surface area contributed by atoms with Gasteiger partial charge in [0.2, 0.25) is 0 Å². The van der Waals surface area contributed by atoms with Crippen LogP contribution in [0.25, 0.3) is 0 Å². The Morgan fingerprint density at radius 3 is 2.80 bits per heavy atom. The molecule has 1 aromatic heterocycles. The van der Waals surface area contributed by atoms with Crippen LogP contribution in [0.5, 0.6) is 0 Å². The van der Waals surface area contributed by atoms with Crippen molar-refractivity contribution >= 4 is 23.4 Å². The third-order valence-electron chi connectivity index (χ3n) is 2.70. The van der Waals surface area contributed by atoms with Crippen LogP contribution in [0.1, 0.15) is 28.1 Å². The lowest BCUT2D eigenvalue weighted by Crippen LogP contribution is -2.33. The molecule has 1 saturated heterocycles. The van der Waals surface area contributed by atoms with Crippen LogP contribution in [0.3, 0.4) is 0 Å². The summed E-state index contributed by atoms with van der Waals surface area (Å²) in [4.78, 5) is 24.8. The van der Waals surface area contributed by atoms with E-state index in [1.807, 2.05) is 11.4 Å². The van der Waals surface area contributed by atoms with Gasteiger partial charge in [-0.25, -0.2) is 0 Å². The first-order valence-corrected chi connectivity index (χ1v) is 5.93. The Morgan fingerprint density at radius 2 is 2.13 bits per heavy atom. The molecule has 0 amide bonds. The molecule has 0 bridgehead atoms. The van der Waals surface area contributed by atoms with Crippen molar-refractivity contribution in [3.8, 4) is 0 Å². The molecular weight excluding hydrogens is 210 g/mol. The highest BCUT2D eigenvalue weighted by atomic mass is 32.1. The Balaban J connectivity index is 1.97. The summed E-state index contributed by atoms with van der Waals surface area (Å²) in [5.74, 6) is 0.354. The van der Waals surface area contributed by atoms with E-state index in [2.05, 4.69) is 4.90 Å². The number of carbonyl (C=O) groups excluding carboxylic acids is 2. The zero-order valence-electron chi connectivity index (χ0n) is 8.44. The smallest absolute Gasteiger partial charge is 0.160 e. The summed E-state index contributed by atoms with van der Waals surface area (Å²) in [6.07, 6.45) is 2.22. The SMILES string of the molecule is O=Cc1sccc1CN1CCC(=O)CC1. The van der Waals surface area contributed by atoms with Crippen LogP contribution >= 0.6 is 11.3 Å². The number of hydrogen-bond acceptors (Lipinski definition) is 4. The van der Waals surface area contributed by atoms with E-state index in [4.69, 9.17) is 0 Å². The quantitative estimate of drug-likeness (QED) is 0.732. The summed E-state index contributed by atoms with van der Waals surface area (Å²) < 4.78 is 0. The fraction of sp³-hybridized carbons (Fsp3) is 0.455. The molecule has 0 aromatic carbocycles. The molecule has 4 heteroatoms. The fourth-order valence-corrected chi connectivity index (χ4v) is 2.50. The van der Waals surface area contributed by atoms with Crippen LogP contribution in [0.2, 0.25) is 0 Å². The summed E-state index contributed by atoms with van der Waals surface area (Å²) in [5.41, 5.74) is 1.09. The highest BCUT2D eigenvalue weighted by Crippen LogP contribution is 2.18. The second-order valence-electron chi connectivity index (χ2n) is 3.74. The van der Waals surface area contributed by atoms with Crippen molar-refractivity contribution in [3.63, 3.8) is 0 Å². The van der Waals surface area contributed by atoms with Crippen molar-refractivity contribution in [2.45, 2.75) is 19.4 Å². The van der Waals surface area contributed by atoms with Gasteiger partial charge in [0.1, 0.15) is 5.78 Å². The lowest BCUT2D eigenvalue weighted by atomic mass is 10.1. The molecule has 80 valence electrons. The van der Waals surface area contributed by atoms with E-state index in [0.29, 0.717) is 18.6 Å². The number of ketones is 1. The molecular formula is C11H13NO2S. The summed E-state index contributed by atoms with van der Waals surface area (Å²) in [5, 5.41) is 1.94. The monoisotopic (exact) mass is 223 g/mol. The largest absolute Gasteiger partial charge is 0.300 e. The van der Waals surface area contributed by atoms with E-state index < -0.39 is 0 Å². The number of rotatable bonds is 3. The van der Waals surface area contributed by atoms with E-state index in [-0.39, 0.29) is 0 Å². The molecule has 1 aromatic rings. The molecule has 0 saturated carbocycles. The molecule has 2 rings (SSSR count). The molecule has 0 atom stereocenters. The normalized spacial score (nSPS) is 18.0. The van der Waals surface area contributed by atoms with Crippen molar-refractivity contribution in [2.24, 2.45) is 0 Å². The molecule has 0 radical (unpaired) electrons. The lowest BCUT2D eigenvalue weighted by Gasteiger charge is -2.25. The van der Waals surface area contributed by atoms with Gasteiger partial charge in [0.05, 0.1) is 4.88 Å². The van der Waals surface area contributed by atoms with Crippen molar-refractivity contribution in [1.82, 2.24) is 4.90 Å². The van der Waals surface area contributed by atoms with Crippen molar-refractivity contribution in [1.29, 1.82) is 0 Å². The van der Waals surface area contributed by atoms with Crippen LogP contribution in [0.15, 0.2) is 11.4 Å². The fourth-order valence-electron chi connectivity index (χ4n) is 1.78. The predicted molar refractivity (Wildman–Crippen MR) is 59.2 cm³/mol. The number of hydrogen-bond donors (Lipinski definition) is 0. The number of thiophene rings is 1. The second-order valence-corrected chi connectivity index (χ2v) is 4.69. The van der Waals surface area contributed by atoms with E-state index in [0.717, 1.165) is 36.4 Å². The van der Waals surface area contributed by atoms with Crippen molar-refractivity contribution in [3.05, 3.63) is 21.9 Å². The molecule has 0 N–H and O–H groups in total. The zero-order valence-corrected chi connectivity index (χ0v) is 9.26. The molecule has 0 aliphatic carbocycles. The molecule has 1 fully saturated rings. The maximum Gasteiger partial charge on any atom is 0.160 e. The number of piperidine rings is 1. The molecule has 3 nitrogen and oxygen atoms in total. The third-order valence-corrected chi connectivity index (χ3v) is 3.58. The number of aldehydes is 1. The highest BCUT2D eigenvalue weighted by molar-refractivity contribution is 7.11. The van der Waals surface area contributed by atoms with E-state index in [1.165, 1.54) is 11.3 Å². The van der Waals surface area contributed by atoms with E-state index in [9.17, 15) is 9.59 Å². The Kier molecular flexibility index (Phi) is 3.28. The third kappa shape index (κ3) is 2.52. The molecule has 15 heavy (non-hydrogen) atoms. The van der Waals surface area contributed by atoms with Gasteiger partial charge in [0.25, 0.3) is 0 Å². The summed E-state index contributed by atoms with van der Waals surface area (Å²) >= 11 is 1.48. The van der Waals surface area contributed by atoms with E-state index >= 15 is 0 Å². The first-order valence-electron chi connectivity index (χ1n) is 5.05. The number of likely N-dealkylation sites (tertiary alicyclic amines) is 1. The average molecular weight is 223 g/mol. The van der Waals surface area contributed by atoms with Crippen LogP contribution in [0.4, 0.5) is 0 Å². The molecule has 0 spiro atoms. The van der Waals surface area contributed by atoms with Gasteiger partial charge in [0.15, 0.2) is 6.29 Å². The van der Waals surface area contributed by atoms with Crippen molar-refractivity contribution in [2.75, 3.05) is 13.1 Å². The minimum absolute atomic E-state index is 0.354. The van der Waals surface area contributed by atoms with E-state index in [1.54, 1.807) is 0 Å². The first kappa shape index (κ1) is 10.5. The number of Topliss-reactive ketones (excluding diaryl/α,β-unsaturated/α-hetero) is 1. The van der Waals surface area contributed by atoms with Crippen LogP contribution in [-0.4, -0.2) is 30.1 Å². The topological polar surface area (TPSA) is 37.4 Å². The molecule has 1 aliphatic rings. The Morgan fingerprint density at radius 1 is 1.40 bits per heavy atom. The highest BCUT2D eigenvalue weighted by Gasteiger charge is 2.17. The maximum atomic E-state index is 11.1. The predicted octanol–water partition coefficient (Wildman–Crippen LogP) is 1.73. The van der Waals surface area contributed by atoms with Gasteiger partial charge in [-0.1, -0.05) is 0 Å². The summed E-state index contributed by atoms with van der Waals surface area (Å²) in [6.45, 7) is 2.45. The minimum atomic E-state index is 0.354. The zero-order chi connectivity index (χ0) is 10.7. The number of nitrogens with zero attached hydrogens (tertiary/aromatic N) is 1. The number of carbonyl (C=O) groups is 2. The van der Waals surface area contributed by atoms with Gasteiger partial charge < -0.3 is 0 Å². The standard InChI is InChI=1S/C11H13NO2S/c13-8-11-9(3-6-15-11)7-12-4-1-10(14)2-5-12/h3,6,8H,1-2,4-5,7H2. The average Bonchev–Trinajstić information content (AvgIpc) is 2.69. The Hall–Kier alpha value is -1.00. The van der Waals surface area contributed by atoms with Gasteiger partial charge in [0, 0.05) is 32.5 Å². The molecule has 0 unspecified atom stereocenters. The second kappa shape index (κ2) is 4.68. The van der Waals surface area contributed by atoms with Gasteiger partial charge in [-0.2, -0.15) is 0 Å². The van der Waals surface area contributed by atoms with Crippen LogP contribution in [-0.2, 0) is 11.3 Å². The first-order chi connectivity index (χ1) is 7.29. The van der Waals surface area contributed by atoms with Gasteiger partial charge >= 0.3 is 0 Å². The summed E-state index contributed by atoms with van der Waals surface area (Å²) in [6, 6.07) is 1.99. The Bertz CT molecular complexity index is 362. The van der Waals surface area contributed by atoms with Crippen LogP contribution in [0, 0.1) is 0 Å².